The number of aryl methyl sites for hydroxylation is 4. The minimum Gasteiger partial charge on any atom is -0.308 e. The van der Waals surface area contributed by atoms with Gasteiger partial charge in [0, 0.05) is 27.7 Å². The molecular weight excluding hydrogens is 380 g/mol. The van der Waals surface area contributed by atoms with E-state index in [4.69, 9.17) is 0 Å². The summed E-state index contributed by atoms with van der Waals surface area (Å²) < 4.78 is 2.20. The molecule has 3 aromatic carbocycles. The fraction of sp³-hybridized carbons (Fsp3) is 0.148. The van der Waals surface area contributed by atoms with Crippen molar-refractivity contribution >= 4 is 21.8 Å². The maximum absolute atomic E-state index is 9.93. The molecule has 5 aromatic rings. The molecular formula is C27H22N4. The standard InChI is InChI=1S/C27H22N4/c1-16-5-9-22-23-10-6-17(2)12-26(23)31(25(22)11-16)24-14-20(7-8-21(24)15-28)27-29-18(3)13-19(4)30-27/h5-14H,1-4H3. The highest BCUT2D eigenvalue weighted by Gasteiger charge is 2.17. The third-order valence-corrected chi connectivity index (χ3v) is 5.68. The Morgan fingerprint density at radius 1 is 0.710 bits per heavy atom. The first kappa shape index (κ1) is 19.0. The zero-order valence-corrected chi connectivity index (χ0v) is 18.1. The number of nitrogens with zero attached hydrogens (tertiary/aromatic N) is 4. The average Bonchev–Trinajstić information content (AvgIpc) is 3.04. The van der Waals surface area contributed by atoms with Crippen LogP contribution < -0.4 is 0 Å². The molecule has 0 aliphatic carbocycles. The second-order valence-electron chi connectivity index (χ2n) is 8.19. The second-order valence-corrected chi connectivity index (χ2v) is 8.19. The average molecular weight is 403 g/mol. The molecule has 31 heavy (non-hydrogen) atoms. The van der Waals surface area contributed by atoms with Crippen LogP contribution in [0.4, 0.5) is 0 Å². The molecule has 4 nitrogen and oxygen atoms in total. The Hall–Kier alpha value is -3.97. The zero-order chi connectivity index (χ0) is 21.7. The number of fused-ring (bicyclic) bond motifs is 3. The molecule has 0 atom stereocenters. The predicted octanol–water partition coefficient (Wildman–Crippen LogP) is 6.35. The lowest BCUT2D eigenvalue weighted by Crippen LogP contribution is -2.00. The fourth-order valence-electron chi connectivity index (χ4n) is 4.30. The molecule has 0 radical (unpaired) electrons. The van der Waals surface area contributed by atoms with E-state index in [-0.39, 0.29) is 0 Å². The highest BCUT2D eigenvalue weighted by molar-refractivity contribution is 6.09. The van der Waals surface area contributed by atoms with Gasteiger partial charge in [-0.25, -0.2) is 9.97 Å². The first-order chi connectivity index (χ1) is 14.9. The van der Waals surface area contributed by atoms with Crippen molar-refractivity contribution in [3.8, 4) is 23.1 Å². The fourth-order valence-corrected chi connectivity index (χ4v) is 4.30. The normalized spacial score (nSPS) is 11.2. The molecule has 0 saturated heterocycles. The van der Waals surface area contributed by atoms with E-state index in [2.05, 4.69) is 70.8 Å². The van der Waals surface area contributed by atoms with E-state index < -0.39 is 0 Å². The van der Waals surface area contributed by atoms with Crippen molar-refractivity contribution < 1.29 is 0 Å². The van der Waals surface area contributed by atoms with Crippen LogP contribution in [0.25, 0.3) is 38.9 Å². The number of aromatic nitrogens is 3. The van der Waals surface area contributed by atoms with Crippen LogP contribution in [0.2, 0.25) is 0 Å². The molecule has 0 N–H and O–H groups in total. The van der Waals surface area contributed by atoms with Gasteiger partial charge in [-0.15, -0.1) is 0 Å². The molecule has 2 aromatic heterocycles. The van der Waals surface area contributed by atoms with Gasteiger partial charge >= 0.3 is 0 Å². The Morgan fingerprint density at radius 3 is 1.84 bits per heavy atom. The lowest BCUT2D eigenvalue weighted by Gasteiger charge is -2.13. The van der Waals surface area contributed by atoms with E-state index in [1.807, 2.05) is 38.1 Å². The van der Waals surface area contributed by atoms with Crippen molar-refractivity contribution in [1.82, 2.24) is 14.5 Å². The quantitative estimate of drug-likeness (QED) is 0.346. The van der Waals surface area contributed by atoms with Gasteiger partial charge in [-0.1, -0.05) is 24.3 Å². The molecule has 0 bridgehead atoms. The monoisotopic (exact) mass is 402 g/mol. The molecule has 0 unspecified atom stereocenters. The molecule has 4 heteroatoms. The van der Waals surface area contributed by atoms with Gasteiger partial charge in [-0.3, -0.25) is 0 Å². The molecule has 5 rings (SSSR count). The van der Waals surface area contributed by atoms with Crippen LogP contribution in [-0.2, 0) is 0 Å². The number of hydrogen-bond acceptors (Lipinski definition) is 3. The van der Waals surface area contributed by atoms with Crippen molar-refractivity contribution in [1.29, 1.82) is 5.26 Å². The molecule has 150 valence electrons. The van der Waals surface area contributed by atoms with Gasteiger partial charge < -0.3 is 4.57 Å². The predicted molar refractivity (Wildman–Crippen MR) is 125 cm³/mol. The summed E-state index contributed by atoms with van der Waals surface area (Å²) in [5, 5.41) is 12.3. The van der Waals surface area contributed by atoms with Crippen LogP contribution in [0, 0.1) is 39.0 Å². The zero-order valence-electron chi connectivity index (χ0n) is 18.1. The topological polar surface area (TPSA) is 54.5 Å². The van der Waals surface area contributed by atoms with Gasteiger partial charge in [0.25, 0.3) is 0 Å². The molecule has 0 fully saturated rings. The first-order valence-corrected chi connectivity index (χ1v) is 10.3. The molecule has 0 saturated carbocycles. The highest BCUT2D eigenvalue weighted by Crippen LogP contribution is 2.35. The van der Waals surface area contributed by atoms with Crippen LogP contribution in [-0.4, -0.2) is 14.5 Å². The summed E-state index contributed by atoms with van der Waals surface area (Å²) >= 11 is 0. The molecule has 0 aliphatic heterocycles. The molecule has 0 amide bonds. The summed E-state index contributed by atoms with van der Waals surface area (Å²) in [7, 11) is 0. The number of hydrogen-bond donors (Lipinski definition) is 0. The van der Waals surface area contributed by atoms with Crippen LogP contribution in [0.15, 0.2) is 60.7 Å². The van der Waals surface area contributed by atoms with E-state index in [0.29, 0.717) is 11.4 Å². The SMILES string of the molecule is Cc1ccc2c3ccc(C)cc3n(-c3cc(-c4nc(C)cc(C)n4)ccc3C#N)c2c1. The maximum atomic E-state index is 9.93. The van der Waals surface area contributed by atoms with Crippen molar-refractivity contribution in [2.75, 3.05) is 0 Å². The lowest BCUT2D eigenvalue weighted by atomic mass is 10.1. The van der Waals surface area contributed by atoms with Crippen molar-refractivity contribution in [2.45, 2.75) is 27.7 Å². The van der Waals surface area contributed by atoms with Crippen LogP contribution >= 0.6 is 0 Å². The third-order valence-electron chi connectivity index (χ3n) is 5.68. The smallest absolute Gasteiger partial charge is 0.159 e. The maximum Gasteiger partial charge on any atom is 0.159 e. The third kappa shape index (κ3) is 3.15. The van der Waals surface area contributed by atoms with Gasteiger partial charge in [0.15, 0.2) is 5.82 Å². The second kappa shape index (κ2) is 7.07. The minimum absolute atomic E-state index is 0.620. The van der Waals surface area contributed by atoms with E-state index in [1.54, 1.807) is 0 Å². The summed E-state index contributed by atoms with van der Waals surface area (Å²) in [5.74, 6) is 0.677. The Balaban J connectivity index is 1.88. The highest BCUT2D eigenvalue weighted by atomic mass is 15.0. The van der Waals surface area contributed by atoms with E-state index in [9.17, 15) is 5.26 Å². The van der Waals surface area contributed by atoms with Gasteiger partial charge in [0.2, 0.25) is 0 Å². The van der Waals surface area contributed by atoms with Gasteiger partial charge in [0.05, 0.1) is 22.3 Å². The Bertz CT molecular complexity index is 1450. The summed E-state index contributed by atoms with van der Waals surface area (Å²) in [6, 6.07) is 23.2. The number of benzene rings is 3. The van der Waals surface area contributed by atoms with Gasteiger partial charge in [-0.05, 0) is 75.2 Å². The first-order valence-electron chi connectivity index (χ1n) is 10.3. The molecule has 0 aliphatic rings. The molecule has 2 heterocycles. The van der Waals surface area contributed by atoms with E-state index >= 15 is 0 Å². The van der Waals surface area contributed by atoms with Crippen molar-refractivity contribution in [2.24, 2.45) is 0 Å². The van der Waals surface area contributed by atoms with E-state index in [0.717, 1.165) is 33.7 Å². The summed E-state index contributed by atoms with van der Waals surface area (Å²) in [4.78, 5) is 9.26. The van der Waals surface area contributed by atoms with Crippen LogP contribution in [0.3, 0.4) is 0 Å². The number of rotatable bonds is 2. The molecule has 0 spiro atoms. The van der Waals surface area contributed by atoms with Gasteiger partial charge in [0.1, 0.15) is 6.07 Å². The van der Waals surface area contributed by atoms with Crippen molar-refractivity contribution in [3.63, 3.8) is 0 Å². The van der Waals surface area contributed by atoms with E-state index in [1.165, 1.54) is 21.9 Å². The van der Waals surface area contributed by atoms with Gasteiger partial charge in [-0.2, -0.15) is 5.26 Å². The Kier molecular flexibility index (Phi) is 4.34. The Morgan fingerprint density at radius 2 is 1.29 bits per heavy atom. The van der Waals surface area contributed by atoms with Crippen molar-refractivity contribution in [3.05, 3.63) is 88.7 Å². The van der Waals surface area contributed by atoms with Crippen LogP contribution in [0.5, 0.6) is 0 Å². The Labute approximate surface area is 181 Å². The lowest BCUT2D eigenvalue weighted by molar-refractivity contribution is 1.06. The summed E-state index contributed by atoms with van der Waals surface area (Å²) in [6.07, 6.45) is 0. The summed E-state index contributed by atoms with van der Waals surface area (Å²) in [5.41, 5.74) is 8.77. The minimum atomic E-state index is 0.620. The number of nitriles is 1. The largest absolute Gasteiger partial charge is 0.308 e. The summed E-state index contributed by atoms with van der Waals surface area (Å²) in [6.45, 7) is 8.14. The van der Waals surface area contributed by atoms with Crippen LogP contribution in [0.1, 0.15) is 28.1 Å².